The van der Waals surface area contributed by atoms with Crippen LogP contribution in [0.3, 0.4) is 0 Å². The first-order chi connectivity index (χ1) is 17.0. The number of carbonyl (C=O) groups excluding carboxylic acids is 1. The third kappa shape index (κ3) is 4.98. The van der Waals surface area contributed by atoms with Crippen molar-refractivity contribution in [2.75, 3.05) is 18.4 Å². The zero-order chi connectivity index (χ0) is 24.3. The van der Waals surface area contributed by atoms with Gasteiger partial charge in [-0.1, -0.05) is 23.4 Å². The lowest BCUT2D eigenvalue weighted by atomic mass is 10.1. The third-order valence-corrected chi connectivity index (χ3v) is 7.75. The molecular weight excluding hydrogens is 466 g/mol. The molecular formula is C25H23N5O4S. The van der Waals surface area contributed by atoms with Crippen molar-refractivity contribution in [2.24, 2.45) is 0 Å². The van der Waals surface area contributed by atoms with Crippen LogP contribution in [0.2, 0.25) is 0 Å². The van der Waals surface area contributed by atoms with Crippen molar-refractivity contribution < 1.29 is 17.7 Å². The summed E-state index contributed by atoms with van der Waals surface area (Å²) in [6.07, 6.45) is 5.39. The van der Waals surface area contributed by atoms with E-state index in [9.17, 15) is 13.2 Å². The summed E-state index contributed by atoms with van der Waals surface area (Å²) >= 11 is 0. The zero-order valence-electron chi connectivity index (χ0n) is 18.8. The van der Waals surface area contributed by atoms with E-state index < -0.39 is 10.0 Å². The molecule has 0 aliphatic carbocycles. The molecule has 1 aliphatic rings. The second kappa shape index (κ2) is 9.77. The Bertz CT molecular complexity index is 1430. The number of amides is 1. The predicted octanol–water partition coefficient (Wildman–Crippen LogP) is 3.76. The van der Waals surface area contributed by atoms with Crippen molar-refractivity contribution in [3.63, 3.8) is 0 Å². The highest BCUT2D eigenvalue weighted by atomic mass is 32.2. The van der Waals surface area contributed by atoms with Gasteiger partial charge in [-0.3, -0.25) is 9.78 Å². The average Bonchev–Trinajstić information content (AvgIpc) is 3.59. The van der Waals surface area contributed by atoms with Crippen LogP contribution in [-0.4, -0.2) is 46.8 Å². The molecule has 0 saturated carbocycles. The van der Waals surface area contributed by atoms with Crippen molar-refractivity contribution in [1.82, 2.24) is 19.4 Å². The summed E-state index contributed by atoms with van der Waals surface area (Å²) in [6, 6.07) is 17.0. The molecule has 4 aromatic rings. The van der Waals surface area contributed by atoms with E-state index >= 15 is 0 Å². The summed E-state index contributed by atoms with van der Waals surface area (Å²) in [5.41, 5.74) is 2.57. The number of carbonyl (C=O) groups is 1. The van der Waals surface area contributed by atoms with E-state index in [0.29, 0.717) is 42.5 Å². The minimum Gasteiger partial charge on any atom is -0.339 e. The fourth-order valence-corrected chi connectivity index (χ4v) is 5.47. The number of benzene rings is 2. The smallest absolute Gasteiger partial charge is 0.255 e. The number of hydrogen-bond donors (Lipinski definition) is 1. The lowest BCUT2D eigenvalue weighted by Gasteiger charge is -2.15. The van der Waals surface area contributed by atoms with Gasteiger partial charge in [-0.15, -0.1) is 0 Å². The van der Waals surface area contributed by atoms with Crippen molar-refractivity contribution >= 4 is 21.6 Å². The molecule has 0 radical (unpaired) electrons. The largest absolute Gasteiger partial charge is 0.339 e. The summed E-state index contributed by atoms with van der Waals surface area (Å²) in [5.74, 6) is 0.536. The monoisotopic (exact) mass is 489 g/mol. The Labute approximate surface area is 202 Å². The Morgan fingerprint density at radius 2 is 1.69 bits per heavy atom. The highest BCUT2D eigenvalue weighted by Gasteiger charge is 2.27. The summed E-state index contributed by atoms with van der Waals surface area (Å²) in [7, 11) is -3.52. The van der Waals surface area contributed by atoms with E-state index in [1.54, 1.807) is 30.6 Å². The Morgan fingerprint density at radius 1 is 0.971 bits per heavy atom. The molecule has 0 bridgehead atoms. The number of aromatic nitrogens is 3. The quantitative estimate of drug-likeness (QED) is 0.420. The van der Waals surface area contributed by atoms with Gasteiger partial charge in [0.2, 0.25) is 21.7 Å². The number of para-hydroxylation sites is 1. The summed E-state index contributed by atoms with van der Waals surface area (Å²) in [6.45, 7) is 1.07. The Balaban J connectivity index is 1.30. The van der Waals surface area contributed by atoms with Crippen LogP contribution >= 0.6 is 0 Å². The molecule has 1 amide bonds. The maximum Gasteiger partial charge on any atom is 0.255 e. The van der Waals surface area contributed by atoms with Gasteiger partial charge in [0, 0.05) is 42.3 Å². The highest BCUT2D eigenvalue weighted by molar-refractivity contribution is 7.89. The number of sulfonamides is 1. The molecule has 1 saturated heterocycles. The van der Waals surface area contributed by atoms with Gasteiger partial charge < -0.3 is 9.84 Å². The van der Waals surface area contributed by atoms with Gasteiger partial charge in [0.15, 0.2) is 0 Å². The van der Waals surface area contributed by atoms with Crippen LogP contribution in [-0.2, 0) is 16.4 Å². The molecule has 1 aliphatic heterocycles. The molecule has 2 aromatic carbocycles. The fourth-order valence-electron chi connectivity index (χ4n) is 3.95. The standard InChI is InChI=1S/C25H23N5O4S/c31-25(19-7-9-21(10-8-19)35(32,33)30-15-3-4-16-30)27-22-6-2-1-5-20(22)17-23-28-24(29-34-23)18-11-13-26-14-12-18/h1-2,5-14H,3-4,15-17H2,(H,27,31). The topological polar surface area (TPSA) is 118 Å². The third-order valence-electron chi connectivity index (χ3n) is 5.83. The van der Waals surface area contributed by atoms with Crippen molar-refractivity contribution in [1.29, 1.82) is 0 Å². The Hall–Kier alpha value is -3.89. The lowest BCUT2D eigenvalue weighted by Crippen LogP contribution is -2.27. The number of pyridine rings is 1. The van der Waals surface area contributed by atoms with Crippen molar-refractivity contribution in [3.8, 4) is 11.4 Å². The SMILES string of the molecule is O=C(Nc1ccccc1Cc1nc(-c2ccncc2)no1)c1ccc(S(=O)(=O)N2CCCC2)cc1. The number of rotatable bonds is 7. The molecule has 10 heteroatoms. The summed E-state index contributed by atoms with van der Waals surface area (Å²) in [4.78, 5) is 21.5. The Kier molecular flexibility index (Phi) is 6.39. The first-order valence-corrected chi connectivity index (χ1v) is 12.7. The molecule has 0 unspecified atom stereocenters. The second-order valence-electron chi connectivity index (χ2n) is 8.17. The van der Waals surface area contributed by atoms with Gasteiger partial charge in [-0.05, 0) is 60.9 Å². The molecule has 0 atom stereocenters. The molecule has 2 aromatic heterocycles. The molecule has 9 nitrogen and oxygen atoms in total. The average molecular weight is 490 g/mol. The van der Waals surface area contributed by atoms with Gasteiger partial charge >= 0.3 is 0 Å². The molecule has 1 N–H and O–H groups in total. The molecule has 178 valence electrons. The number of anilines is 1. The van der Waals surface area contributed by atoms with Crippen LogP contribution in [0.4, 0.5) is 5.69 Å². The van der Waals surface area contributed by atoms with E-state index in [0.717, 1.165) is 24.0 Å². The lowest BCUT2D eigenvalue weighted by molar-refractivity contribution is 0.102. The molecule has 3 heterocycles. The maximum atomic E-state index is 12.9. The first-order valence-electron chi connectivity index (χ1n) is 11.2. The number of nitrogens with one attached hydrogen (secondary N) is 1. The van der Waals surface area contributed by atoms with Crippen LogP contribution in [0.5, 0.6) is 0 Å². The highest BCUT2D eigenvalue weighted by Crippen LogP contribution is 2.23. The predicted molar refractivity (Wildman–Crippen MR) is 129 cm³/mol. The Morgan fingerprint density at radius 3 is 2.43 bits per heavy atom. The maximum absolute atomic E-state index is 12.9. The van der Waals surface area contributed by atoms with Gasteiger partial charge in [-0.2, -0.15) is 9.29 Å². The van der Waals surface area contributed by atoms with Gasteiger partial charge in [0.05, 0.1) is 11.3 Å². The van der Waals surface area contributed by atoms with E-state index in [4.69, 9.17) is 4.52 Å². The van der Waals surface area contributed by atoms with Gasteiger partial charge in [-0.25, -0.2) is 8.42 Å². The normalized spacial score (nSPS) is 14.2. The van der Waals surface area contributed by atoms with E-state index in [1.165, 1.54) is 28.6 Å². The van der Waals surface area contributed by atoms with Crippen LogP contribution in [0.1, 0.15) is 34.7 Å². The minimum absolute atomic E-state index is 0.192. The summed E-state index contributed by atoms with van der Waals surface area (Å²) in [5, 5.41) is 6.93. The van der Waals surface area contributed by atoms with Crippen LogP contribution in [0.15, 0.2) is 82.5 Å². The second-order valence-corrected chi connectivity index (χ2v) is 10.1. The summed E-state index contributed by atoms with van der Waals surface area (Å²) < 4.78 is 32.3. The van der Waals surface area contributed by atoms with Crippen LogP contribution in [0, 0.1) is 0 Å². The van der Waals surface area contributed by atoms with Crippen LogP contribution < -0.4 is 5.32 Å². The van der Waals surface area contributed by atoms with E-state index in [2.05, 4.69) is 20.4 Å². The van der Waals surface area contributed by atoms with Crippen molar-refractivity contribution in [2.45, 2.75) is 24.2 Å². The first kappa shape index (κ1) is 22.9. The number of hydrogen-bond acceptors (Lipinski definition) is 7. The fraction of sp³-hybridized carbons (Fsp3) is 0.200. The molecule has 0 spiro atoms. The molecule has 1 fully saturated rings. The minimum atomic E-state index is -3.52. The molecule has 35 heavy (non-hydrogen) atoms. The molecule has 5 rings (SSSR count). The van der Waals surface area contributed by atoms with E-state index in [1.807, 2.05) is 18.2 Å². The van der Waals surface area contributed by atoms with Crippen LogP contribution in [0.25, 0.3) is 11.4 Å². The van der Waals surface area contributed by atoms with Gasteiger partial charge in [0.1, 0.15) is 0 Å². The van der Waals surface area contributed by atoms with E-state index in [-0.39, 0.29) is 10.8 Å². The van der Waals surface area contributed by atoms with Crippen molar-refractivity contribution in [3.05, 3.63) is 90.1 Å². The number of nitrogens with zero attached hydrogens (tertiary/aromatic N) is 4. The van der Waals surface area contributed by atoms with Gasteiger partial charge in [0.25, 0.3) is 5.91 Å². The zero-order valence-corrected chi connectivity index (χ0v) is 19.6.